The first-order valence-corrected chi connectivity index (χ1v) is 5.07. The van der Waals surface area contributed by atoms with Crippen molar-refractivity contribution in [2.75, 3.05) is 7.11 Å². The van der Waals surface area contributed by atoms with Gasteiger partial charge in [0.2, 0.25) is 0 Å². The van der Waals surface area contributed by atoms with E-state index in [4.69, 9.17) is 4.74 Å². The van der Waals surface area contributed by atoms with Gasteiger partial charge < -0.3 is 9.47 Å². The third-order valence-corrected chi connectivity index (χ3v) is 4.00. The summed E-state index contributed by atoms with van der Waals surface area (Å²) in [5.74, 6) is -2.48. The van der Waals surface area contributed by atoms with Crippen LogP contribution in [0, 0.1) is 23.7 Å². The molecule has 6 atom stereocenters. The molecule has 1 heterocycles. The van der Waals surface area contributed by atoms with Crippen LogP contribution in [0.3, 0.4) is 0 Å². The molecule has 82 valence electrons. The van der Waals surface area contributed by atoms with Crippen LogP contribution in [0.15, 0.2) is 0 Å². The second kappa shape index (κ2) is 2.71. The average Bonchev–Trinajstić information content (AvgIpc) is 2.80. The molecule has 15 heavy (non-hydrogen) atoms. The maximum atomic E-state index is 13.7. The van der Waals surface area contributed by atoms with E-state index < -0.39 is 36.1 Å². The van der Waals surface area contributed by atoms with Crippen molar-refractivity contribution in [2.45, 2.75) is 18.7 Å². The quantitative estimate of drug-likeness (QED) is 0.589. The second-order valence-corrected chi connectivity index (χ2v) is 4.48. The van der Waals surface area contributed by atoms with Crippen LogP contribution in [-0.2, 0) is 19.1 Å². The molecule has 2 saturated carbocycles. The van der Waals surface area contributed by atoms with Crippen molar-refractivity contribution < 1.29 is 23.5 Å². The summed E-state index contributed by atoms with van der Waals surface area (Å²) in [6, 6.07) is 0. The number of rotatable bonds is 1. The summed E-state index contributed by atoms with van der Waals surface area (Å²) >= 11 is 0. The Hall–Kier alpha value is -1.13. The van der Waals surface area contributed by atoms with Gasteiger partial charge in [0.15, 0.2) is 0 Å². The number of fused-ring (bicyclic) bond motifs is 1. The Bertz CT molecular complexity index is 342. The number of methoxy groups -OCH3 is 1. The highest BCUT2D eigenvalue weighted by Gasteiger charge is 2.69. The number of carbonyl (C=O) groups is 2. The Morgan fingerprint density at radius 3 is 2.93 bits per heavy atom. The van der Waals surface area contributed by atoms with E-state index in [1.165, 1.54) is 7.11 Å². The van der Waals surface area contributed by atoms with Crippen LogP contribution in [-0.4, -0.2) is 31.3 Å². The zero-order chi connectivity index (χ0) is 10.7. The van der Waals surface area contributed by atoms with E-state index in [1.54, 1.807) is 0 Å². The molecule has 4 nitrogen and oxygen atoms in total. The SMILES string of the molecule is COC(=O)C1C2CC3C(OC(=O)C31)C2F. The fourth-order valence-electron chi connectivity index (χ4n) is 3.43. The fourth-order valence-corrected chi connectivity index (χ4v) is 3.43. The van der Waals surface area contributed by atoms with Crippen molar-refractivity contribution in [1.29, 1.82) is 0 Å². The normalized spacial score (nSPS) is 50.7. The molecule has 0 aromatic rings. The molecule has 1 aliphatic heterocycles. The zero-order valence-corrected chi connectivity index (χ0v) is 8.18. The van der Waals surface area contributed by atoms with Gasteiger partial charge in [-0.25, -0.2) is 4.39 Å². The molecule has 0 N–H and O–H groups in total. The maximum Gasteiger partial charge on any atom is 0.310 e. The third-order valence-electron chi connectivity index (χ3n) is 4.00. The van der Waals surface area contributed by atoms with Crippen molar-refractivity contribution >= 4 is 11.9 Å². The van der Waals surface area contributed by atoms with E-state index in [9.17, 15) is 14.0 Å². The van der Waals surface area contributed by atoms with Gasteiger partial charge in [-0.15, -0.1) is 0 Å². The highest BCUT2D eigenvalue weighted by atomic mass is 19.1. The first-order chi connectivity index (χ1) is 7.15. The van der Waals surface area contributed by atoms with Crippen molar-refractivity contribution in [3.8, 4) is 0 Å². The van der Waals surface area contributed by atoms with Gasteiger partial charge in [0.25, 0.3) is 0 Å². The number of hydrogen-bond acceptors (Lipinski definition) is 4. The second-order valence-electron chi connectivity index (χ2n) is 4.48. The third kappa shape index (κ3) is 0.910. The number of carbonyl (C=O) groups excluding carboxylic acids is 2. The summed E-state index contributed by atoms with van der Waals surface area (Å²) in [5, 5.41) is 0. The smallest absolute Gasteiger partial charge is 0.310 e. The van der Waals surface area contributed by atoms with Crippen LogP contribution < -0.4 is 0 Å². The Labute approximate surface area is 85.7 Å². The lowest BCUT2D eigenvalue weighted by molar-refractivity contribution is -0.153. The van der Waals surface area contributed by atoms with E-state index in [2.05, 4.69) is 4.74 Å². The molecule has 1 saturated heterocycles. The minimum Gasteiger partial charge on any atom is -0.469 e. The van der Waals surface area contributed by atoms with E-state index in [-0.39, 0.29) is 11.8 Å². The summed E-state index contributed by atoms with van der Waals surface area (Å²) in [5.41, 5.74) is 0. The van der Waals surface area contributed by atoms with E-state index in [0.29, 0.717) is 6.42 Å². The molecule has 3 fully saturated rings. The Kier molecular flexibility index (Phi) is 1.65. The minimum atomic E-state index is -1.19. The van der Waals surface area contributed by atoms with Crippen molar-refractivity contribution in [3.05, 3.63) is 0 Å². The van der Waals surface area contributed by atoms with Crippen LogP contribution in [0.4, 0.5) is 4.39 Å². The highest BCUT2D eigenvalue weighted by Crippen LogP contribution is 2.58. The molecule has 0 radical (unpaired) electrons. The summed E-state index contributed by atoms with van der Waals surface area (Å²) in [7, 11) is 1.26. The first-order valence-electron chi connectivity index (χ1n) is 5.07. The standard InChI is InChI=1S/C10H11FO4/c1-14-9(12)5-3-2-4-6(5)10(13)15-8(4)7(3)11/h3-8H,2H2,1H3. The zero-order valence-electron chi connectivity index (χ0n) is 8.18. The van der Waals surface area contributed by atoms with Crippen molar-refractivity contribution in [2.24, 2.45) is 23.7 Å². The highest BCUT2D eigenvalue weighted by molar-refractivity contribution is 5.86. The number of esters is 2. The van der Waals surface area contributed by atoms with Crippen LogP contribution >= 0.6 is 0 Å². The minimum absolute atomic E-state index is 0.110. The number of hydrogen-bond donors (Lipinski definition) is 0. The van der Waals surface area contributed by atoms with Gasteiger partial charge in [-0.2, -0.15) is 0 Å². The molecule has 3 aliphatic rings. The fraction of sp³-hybridized carbons (Fsp3) is 0.800. The number of halogens is 1. The molecule has 0 spiro atoms. The molecule has 0 amide bonds. The topological polar surface area (TPSA) is 52.6 Å². The molecule has 6 unspecified atom stereocenters. The van der Waals surface area contributed by atoms with Gasteiger partial charge in [-0.05, 0) is 6.42 Å². The van der Waals surface area contributed by atoms with Gasteiger partial charge in [0, 0.05) is 11.8 Å². The first kappa shape index (κ1) is 9.12. The summed E-state index contributed by atoms with van der Waals surface area (Å²) < 4.78 is 23.3. The summed E-state index contributed by atoms with van der Waals surface area (Å²) in [4.78, 5) is 23.0. The van der Waals surface area contributed by atoms with Crippen LogP contribution in [0.2, 0.25) is 0 Å². The van der Waals surface area contributed by atoms with Crippen LogP contribution in [0.5, 0.6) is 0 Å². The molecule has 0 aromatic carbocycles. The maximum absolute atomic E-state index is 13.7. The molecule has 2 aliphatic carbocycles. The predicted octanol–water partition coefficient (Wildman–Crippen LogP) is 0.305. The summed E-state index contributed by atoms with van der Waals surface area (Å²) in [6.07, 6.45) is -1.22. The monoisotopic (exact) mass is 214 g/mol. The predicted molar refractivity (Wildman–Crippen MR) is 45.4 cm³/mol. The van der Waals surface area contributed by atoms with Crippen LogP contribution in [0.25, 0.3) is 0 Å². The lowest BCUT2D eigenvalue weighted by Crippen LogP contribution is -2.39. The van der Waals surface area contributed by atoms with E-state index in [0.717, 1.165) is 0 Å². The van der Waals surface area contributed by atoms with E-state index in [1.807, 2.05) is 0 Å². The molecule has 3 rings (SSSR count). The summed E-state index contributed by atoms with van der Waals surface area (Å²) in [6.45, 7) is 0. The lowest BCUT2D eigenvalue weighted by atomic mass is 9.79. The van der Waals surface area contributed by atoms with Gasteiger partial charge in [-0.3, -0.25) is 9.59 Å². The lowest BCUT2D eigenvalue weighted by Gasteiger charge is -2.24. The molecule has 0 aromatic heterocycles. The number of ether oxygens (including phenoxy) is 2. The van der Waals surface area contributed by atoms with Gasteiger partial charge in [-0.1, -0.05) is 0 Å². The Balaban J connectivity index is 1.98. The molecular formula is C10H11FO4. The van der Waals surface area contributed by atoms with Gasteiger partial charge >= 0.3 is 11.9 Å². The molecular weight excluding hydrogens is 203 g/mol. The van der Waals surface area contributed by atoms with E-state index >= 15 is 0 Å². The van der Waals surface area contributed by atoms with Gasteiger partial charge in [0.1, 0.15) is 12.3 Å². The molecule has 5 heteroatoms. The Morgan fingerprint density at radius 2 is 2.27 bits per heavy atom. The molecule has 2 bridgehead atoms. The van der Waals surface area contributed by atoms with Crippen molar-refractivity contribution in [3.63, 3.8) is 0 Å². The van der Waals surface area contributed by atoms with Crippen molar-refractivity contribution in [1.82, 2.24) is 0 Å². The number of alkyl halides is 1. The Morgan fingerprint density at radius 1 is 1.53 bits per heavy atom. The van der Waals surface area contributed by atoms with Crippen LogP contribution in [0.1, 0.15) is 6.42 Å². The van der Waals surface area contributed by atoms with Gasteiger partial charge in [0.05, 0.1) is 18.9 Å². The average molecular weight is 214 g/mol. The largest absolute Gasteiger partial charge is 0.469 e.